The van der Waals surface area contributed by atoms with Gasteiger partial charge in [-0.25, -0.2) is 0 Å². The second kappa shape index (κ2) is 7.56. The minimum Gasteiger partial charge on any atom is -0.486 e. The van der Waals surface area contributed by atoms with Crippen molar-refractivity contribution in [3.63, 3.8) is 0 Å². The van der Waals surface area contributed by atoms with E-state index in [1.165, 1.54) is 0 Å². The molecule has 24 heavy (non-hydrogen) atoms. The first-order valence-electron chi connectivity index (χ1n) is 8.18. The first-order valence-corrected chi connectivity index (χ1v) is 8.18. The van der Waals surface area contributed by atoms with Crippen molar-refractivity contribution in [1.82, 2.24) is 10.2 Å². The lowest BCUT2D eigenvalue weighted by molar-refractivity contribution is 0.304. The molecule has 0 aliphatic carbocycles. The maximum Gasteiger partial charge on any atom is 0.152 e. The summed E-state index contributed by atoms with van der Waals surface area (Å²) in [5, 5.41) is 18.5. The summed E-state index contributed by atoms with van der Waals surface area (Å²) in [5.74, 6) is 0.818. The van der Waals surface area contributed by atoms with Crippen molar-refractivity contribution in [1.29, 1.82) is 5.26 Å². The molecule has 1 aromatic heterocycles. The summed E-state index contributed by atoms with van der Waals surface area (Å²) in [6.45, 7) is 2.60. The van der Waals surface area contributed by atoms with Crippen molar-refractivity contribution in [3.05, 3.63) is 65.4 Å². The van der Waals surface area contributed by atoms with Crippen molar-refractivity contribution >= 4 is 10.9 Å². The molecule has 0 radical (unpaired) electrons. The van der Waals surface area contributed by atoms with E-state index in [0.717, 1.165) is 47.2 Å². The van der Waals surface area contributed by atoms with Crippen LogP contribution in [0.5, 0.6) is 5.75 Å². The van der Waals surface area contributed by atoms with E-state index >= 15 is 0 Å². The number of hydrogen-bond acceptors (Lipinski definition) is 4. The highest BCUT2D eigenvalue weighted by molar-refractivity contribution is 5.85. The van der Waals surface area contributed by atoms with Gasteiger partial charge in [0.05, 0.1) is 17.1 Å². The van der Waals surface area contributed by atoms with Crippen LogP contribution in [0.2, 0.25) is 0 Å². The Bertz CT molecular complexity index is 866. The lowest BCUT2D eigenvalue weighted by Gasteiger charge is -2.13. The highest BCUT2D eigenvalue weighted by Gasteiger charge is 2.12. The molecule has 0 atom stereocenters. The van der Waals surface area contributed by atoms with Gasteiger partial charge in [-0.2, -0.15) is 10.4 Å². The average Bonchev–Trinajstić information content (AvgIpc) is 2.65. The molecule has 0 N–H and O–H groups in total. The van der Waals surface area contributed by atoms with Crippen LogP contribution in [0.25, 0.3) is 10.9 Å². The summed E-state index contributed by atoms with van der Waals surface area (Å²) < 4.78 is 6.12. The average molecular weight is 317 g/mol. The molecule has 4 nitrogen and oxygen atoms in total. The molecule has 0 aliphatic rings. The van der Waals surface area contributed by atoms with Crippen LogP contribution in [0.15, 0.2) is 48.5 Å². The third-order valence-electron chi connectivity index (χ3n) is 3.92. The van der Waals surface area contributed by atoms with Gasteiger partial charge in [-0.05, 0) is 42.7 Å². The molecule has 0 saturated carbocycles. The van der Waals surface area contributed by atoms with Crippen LogP contribution in [0.3, 0.4) is 0 Å². The summed E-state index contributed by atoms with van der Waals surface area (Å²) >= 11 is 0. The smallest absolute Gasteiger partial charge is 0.152 e. The predicted octanol–water partition coefficient (Wildman–Crippen LogP) is 4.42. The van der Waals surface area contributed by atoms with Crippen LogP contribution in [-0.4, -0.2) is 10.2 Å². The van der Waals surface area contributed by atoms with Gasteiger partial charge >= 0.3 is 0 Å². The molecule has 0 spiro atoms. The first kappa shape index (κ1) is 15.9. The topological polar surface area (TPSA) is 58.8 Å². The fourth-order valence-corrected chi connectivity index (χ4v) is 2.57. The number of ether oxygens (including phenoxy) is 1. The van der Waals surface area contributed by atoms with Crippen LogP contribution < -0.4 is 4.74 Å². The Morgan fingerprint density at radius 3 is 2.58 bits per heavy atom. The molecule has 0 aliphatic heterocycles. The molecule has 0 saturated heterocycles. The normalized spacial score (nSPS) is 10.5. The van der Waals surface area contributed by atoms with Gasteiger partial charge in [-0.3, -0.25) is 0 Å². The Hall–Kier alpha value is -2.93. The molecule has 3 rings (SSSR count). The van der Waals surface area contributed by atoms with Gasteiger partial charge in [0.1, 0.15) is 12.3 Å². The number of hydrogen-bond donors (Lipinski definition) is 0. The Labute approximate surface area is 141 Å². The van der Waals surface area contributed by atoms with Gasteiger partial charge in [-0.15, -0.1) is 5.10 Å². The van der Waals surface area contributed by atoms with E-state index in [9.17, 15) is 0 Å². The minimum absolute atomic E-state index is 0.445. The van der Waals surface area contributed by atoms with Gasteiger partial charge in [0.15, 0.2) is 5.75 Å². The number of aromatic nitrogens is 2. The van der Waals surface area contributed by atoms with Gasteiger partial charge in [0.25, 0.3) is 0 Å². The van der Waals surface area contributed by atoms with Gasteiger partial charge < -0.3 is 4.74 Å². The number of benzene rings is 2. The molecule has 0 amide bonds. The molecule has 120 valence electrons. The van der Waals surface area contributed by atoms with Crippen LogP contribution >= 0.6 is 0 Å². The summed E-state index contributed by atoms with van der Waals surface area (Å²) in [5.41, 5.74) is 3.42. The highest BCUT2D eigenvalue weighted by Crippen LogP contribution is 2.28. The number of aryl methyl sites for hydroxylation is 1. The third kappa shape index (κ3) is 3.52. The standard InChI is InChI=1S/C20H19N3O/c1-2-3-7-19-20(17-6-4-5-8-18(17)22-23-19)24-14-16-11-9-15(13-21)10-12-16/h4-6,8-12H,2-3,7,14H2,1H3. The lowest BCUT2D eigenvalue weighted by atomic mass is 10.1. The van der Waals surface area contributed by atoms with Crippen molar-refractivity contribution in [2.45, 2.75) is 32.8 Å². The predicted molar refractivity (Wildman–Crippen MR) is 93.6 cm³/mol. The first-order chi connectivity index (χ1) is 11.8. The molecule has 0 fully saturated rings. The van der Waals surface area contributed by atoms with Crippen LogP contribution in [0.1, 0.15) is 36.6 Å². The minimum atomic E-state index is 0.445. The summed E-state index contributed by atoms with van der Waals surface area (Å²) in [7, 11) is 0. The van der Waals surface area contributed by atoms with Crippen molar-refractivity contribution in [2.75, 3.05) is 0 Å². The molecule has 0 bridgehead atoms. The van der Waals surface area contributed by atoms with E-state index in [-0.39, 0.29) is 0 Å². The Balaban J connectivity index is 1.89. The zero-order valence-corrected chi connectivity index (χ0v) is 13.7. The lowest BCUT2D eigenvalue weighted by Crippen LogP contribution is -2.03. The number of unbranched alkanes of at least 4 members (excludes halogenated alkanes) is 1. The molecule has 3 aromatic rings. The fourth-order valence-electron chi connectivity index (χ4n) is 2.57. The van der Waals surface area contributed by atoms with Crippen LogP contribution in [0, 0.1) is 11.3 Å². The van der Waals surface area contributed by atoms with Crippen LogP contribution in [0.4, 0.5) is 0 Å². The Kier molecular flexibility index (Phi) is 5.02. The third-order valence-corrected chi connectivity index (χ3v) is 3.92. The van der Waals surface area contributed by atoms with E-state index in [0.29, 0.717) is 12.2 Å². The second-order valence-corrected chi connectivity index (χ2v) is 5.69. The monoisotopic (exact) mass is 317 g/mol. The summed E-state index contributed by atoms with van der Waals surface area (Å²) in [6, 6.07) is 17.5. The Morgan fingerprint density at radius 1 is 1.04 bits per heavy atom. The van der Waals surface area contributed by atoms with E-state index in [1.807, 2.05) is 36.4 Å². The largest absolute Gasteiger partial charge is 0.486 e. The van der Waals surface area contributed by atoms with E-state index in [1.54, 1.807) is 12.1 Å². The van der Waals surface area contributed by atoms with Crippen molar-refractivity contribution in [2.24, 2.45) is 0 Å². The van der Waals surface area contributed by atoms with Crippen molar-refractivity contribution < 1.29 is 4.74 Å². The van der Waals surface area contributed by atoms with E-state index in [2.05, 4.69) is 23.2 Å². The molecule has 2 aromatic carbocycles. The van der Waals surface area contributed by atoms with Crippen LogP contribution in [-0.2, 0) is 13.0 Å². The quantitative estimate of drug-likeness (QED) is 0.675. The Morgan fingerprint density at radius 2 is 1.83 bits per heavy atom. The maximum absolute atomic E-state index is 8.88. The van der Waals surface area contributed by atoms with Gasteiger partial charge in [0.2, 0.25) is 0 Å². The number of rotatable bonds is 6. The zero-order valence-electron chi connectivity index (χ0n) is 13.7. The zero-order chi connectivity index (χ0) is 16.8. The molecule has 0 unspecified atom stereocenters. The molecular weight excluding hydrogens is 298 g/mol. The number of fused-ring (bicyclic) bond motifs is 1. The van der Waals surface area contributed by atoms with Gasteiger partial charge in [0, 0.05) is 5.39 Å². The SMILES string of the molecule is CCCCc1nnc2ccccc2c1OCc1ccc(C#N)cc1. The van der Waals surface area contributed by atoms with E-state index < -0.39 is 0 Å². The summed E-state index contributed by atoms with van der Waals surface area (Å²) in [4.78, 5) is 0. The highest BCUT2D eigenvalue weighted by atomic mass is 16.5. The molecule has 4 heteroatoms. The molecule has 1 heterocycles. The van der Waals surface area contributed by atoms with E-state index in [4.69, 9.17) is 10.00 Å². The fraction of sp³-hybridized carbons (Fsp3) is 0.250. The second-order valence-electron chi connectivity index (χ2n) is 5.69. The number of nitrogens with zero attached hydrogens (tertiary/aromatic N) is 3. The van der Waals surface area contributed by atoms with Crippen molar-refractivity contribution in [3.8, 4) is 11.8 Å². The summed E-state index contributed by atoms with van der Waals surface area (Å²) in [6.07, 6.45) is 3.01. The van der Waals surface area contributed by atoms with Gasteiger partial charge in [-0.1, -0.05) is 37.6 Å². The maximum atomic E-state index is 8.88. The number of nitriles is 1. The molecular formula is C20H19N3O.